The highest BCUT2D eigenvalue weighted by molar-refractivity contribution is 9.10. The van der Waals surface area contributed by atoms with Crippen molar-refractivity contribution in [3.05, 3.63) is 28.2 Å². The zero-order valence-electron chi connectivity index (χ0n) is 9.97. The molecule has 1 N–H and O–H groups in total. The summed E-state index contributed by atoms with van der Waals surface area (Å²) in [6.07, 6.45) is 2.94. The lowest BCUT2D eigenvalue weighted by Gasteiger charge is -2.26. The summed E-state index contributed by atoms with van der Waals surface area (Å²) >= 11 is 3.27. The van der Waals surface area contributed by atoms with Crippen LogP contribution in [-0.2, 0) is 16.6 Å². The van der Waals surface area contributed by atoms with E-state index in [0.717, 1.165) is 19.3 Å². The van der Waals surface area contributed by atoms with Crippen LogP contribution in [0.1, 0.15) is 24.8 Å². The molecule has 0 atom stereocenters. The average Bonchev–Trinajstić information content (AvgIpc) is 2.39. The molecule has 0 saturated carbocycles. The zero-order valence-corrected chi connectivity index (χ0v) is 12.4. The van der Waals surface area contributed by atoms with Gasteiger partial charge in [0.15, 0.2) is 0 Å². The highest BCUT2D eigenvalue weighted by Crippen LogP contribution is 2.28. The van der Waals surface area contributed by atoms with Gasteiger partial charge in [-0.1, -0.05) is 12.5 Å². The molecule has 100 valence electrons. The molecule has 0 aliphatic carbocycles. The van der Waals surface area contributed by atoms with Gasteiger partial charge in [-0.05, 0) is 46.5 Å². The van der Waals surface area contributed by atoms with Crippen molar-refractivity contribution in [1.82, 2.24) is 4.31 Å². The molecule has 0 radical (unpaired) electrons. The van der Waals surface area contributed by atoms with Gasteiger partial charge in [-0.15, -0.1) is 0 Å². The molecule has 1 aromatic carbocycles. The van der Waals surface area contributed by atoms with Crippen molar-refractivity contribution in [3.8, 4) is 0 Å². The summed E-state index contributed by atoms with van der Waals surface area (Å²) < 4.78 is 26.9. The molecule has 18 heavy (non-hydrogen) atoms. The second-order valence-corrected chi connectivity index (χ2v) is 7.15. The Hall–Kier alpha value is -0.430. The van der Waals surface area contributed by atoms with Crippen LogP contribution in [-0.4, -0.2) is 30.9 Å². The number of aliphatic hydroxyl groups is 1. The molecular weight excluding hydrogens is 318 g/mol. The first-order valence-corrected chi connectivity index (χ1v) is 8.18. The second kappa shape index (κ2) is 5.69. The minimum atomic E-state index is -3.41. The predicted molar refractivity (Wildman–Crippen MR) is 72.7 cm³/mol. The number of rotatable bonds is 3. The van der Waals surface area contributed by atoms with Crippen LogP contribution in [0.25, 0.3) is 0 Å². The van der Waals surface area contributed by atoms with Crippen LogP contribution < -0.4 is 0 Å². The van der Waals surface area contributed by atoms with E-state index >= 15 is 0 Å². The summed E-state index contributed by atoms with van der Waals surface area (Å²) in [5.74, 6) is 0. The van der Waals surface area contributed by atoms with E-state index in [1.165, 1.54) is 4.31 Å². The van der Waals surface area contributed by atoms with Gasteiger partial charge in [0.25, 0.3) is 0 Å². The number of piperidine rings is 1. The fourth-order valence-electron chi connectivity index (χ4n) is 2.10. The van der Waals surface area contributed by atoms with Crippen molar-refractivity contribution in [2.24, 2.45) is 0 Å². The van der Waals surface area contributed by atoms with Crippen LogP contribution in [0.3, 0.4) is 0 Å². The molecule has 0 amide bonds. The van der Waals surface area contributed by atoms with Gasteiger partial charge >= 0.3 is 0 Å². The summed E-state index contributed by atoms with van der Waals surface area (Å²) in [5.41, 5.74) is 0.694. The van der Waals surface area contributed by atoms with E-state index < -0.39 is 10.0 Å². The zero-order chi connectivity index (χ0) is 13.2. The van der Waals surface area contributed by atoms with Gasteiger partial charge in [0, 0.05) is 17.6 Å². The molecule has 0 bridgehead atoms. The number of aliphatic hydroxyl groups excluding tert-OH is 1. The second-order valence-electron chi connectivity index (χ2n) is 4.39. The van der Waals surface area contributed by atoms with Gasteiger partial charge in [-0.25, -0.2) is 8.42 Å². The van der Waals surface area contributed by atoms with Crippen molar-refractivity contribution in [2.75, 3.05) is 13.1 Å². The molecular formula is C12H16BrNO3S. The van der Waals surface area contributed by atoms with E-state index in [1.807, 2.05) is 0 Å². The van der Waals surface area contributed by atoms with Gasteiger partial charge in [-0.2, -0.15) is 4.31 Å². The van der Waals surface area contributed by atoms with E-state index in [1.54, 1.807) is 18.2 Å². The van der Waals surface area contributed by atoms with Crippen LogP contribution in [0.2, 0.25) is 0 Å². The lowest BCUT2D eigenvalue weighted by Crippen LogP contribution is -2.35. The highest BCUT2D eigenvalue weighted by Gasteiger charge is 2.27. The Balaban J connectivity index is 2.34. The van der Waals surface area contributed by atoms with Crippen molar-refractivity contribution in [2.45, 2.75) is 30.8 Å². The molecule has 2 rings (SSSR count). The van der Waals surface area contributed by atoms with E-state index in [2.05, 4.69) is 15.9 Å². The minimum Gasteiger partial charge on any atom is -0.392 e. The third-order valence-corrected chi connectivity index (χ3v) is 5.99. The average molecular weight is 334 g/mol. The molecule has 6 heteroatoms. The molecule has 1 saturated heterocycles. The number of sulfonamides is 1. The van der Waals surface area contributed by atoms with Crippen molar-refractivity contribution in [1.29, 1.82) is 0 Å². The molecule has 0 unspecified atom stereocenters. The van der Waals surface area contributed by atoms with Crippen LogP contribution in [0.4, 0.5) is 0 Å². The highest BCUT2D eigenvalue weighted by atomic mass is 79.9. The summed E-state index contributed by atoms with van der Waals surface area (Å²) in [7, 11) is -3.41. The van der Waals surface area contributed by atoms with Crippen LogP contribution in [0, 0.1) is 0 Å². The van der Waals surface area contributed by atoms with E-state index in [-0.39, 0.29) is 11.5 Å². The van der Waals surface area contributed by atoms with Crippen molar-refractivity contribution >= 4 is 26.0 Å². The van der Waals surface area contributed by atoms with E-state index in [4.69, 9.17) is 5.11 Å². The maximum Gasteiger partial charge on any atom is 0.244 e. The molecule has 1 aliphatic rings. The molecule has 1 heterocycles. The largest absolute Gasteiger partial charge is 0.392 e. The number of nitrogens with zero attached hydrogens (tertiary/aromatic N) is 1. The standard InChI is InChI=1S/C12H16BrNO3S/c13-11-8-10(9-15)4-5-12(11)18(16,17)14-6-2-1-3-7-14/h4-5,8,15H,1-3,6-7,9H2. The van der Waals surface area contributed by atoms with E-state index in [0.29, 0.717) is 23.1 Å². The molecule has 1 aromatic rings. The Bertz CT molecular complexity index is 524. The van der Waals surface area contributed by atoms with Crippen molar-refractivity contribution < 1.29 is 13.5 Å². The first-order chi connectivity index (χ1) is 8.55. The summed E-state index contributed by atoms with van der Waals surface area (Å²) in [5, 5.41) is 9.02. The monoisotopic (exact) mass is 333 g/mol. The van der Waals surface area contributed by atoms with Gasteiger partial charge in [0.05, 0.1) is 11.5 Å². The smallest absolute Gasteiger partial charge is 0.244 e. The molecule has 1 aliphatic heterocycles. The summed E-state index contributed by atoms with van der Waals surface area (Å²) in [4.78, 5) is 0.279. The summed E-state index contributed by atoms with van der Waals surface area (Å²) in [6.45, 7) is 1.09. The van der Waals surface area contributed by atoms with Gasteiger partial charge in [-0.3, -0.25) is 0 Å². The van der Waals surface area contributed by atoms with Crippen LogP contribution in [0.5, 0.6) is 0 Å². The topological polar surface area (TPSA) is 57.6 Å². The molecule has 0 spiro atoms. The number of halogens is 1. The third kappa shape index (κ3) is 2.77. The third-order valence-electron chi connectivity index (χ3n) is 3.11. The van der Waals surface area contributed by atoms with Gasteiger partial charge < -0.3 is 5.11 Å². The van der Waals surface area contributed by atoms with Crippen molar-refractivity contribution in [3.63, 3.8) is 0 Å². The SMILES string of the molecule is O=S(=O)(c1ccc(CO)cc1Br)N1CCCCC1. The Kier molecular flexibility index (Phi) is 4.42. The molecule has 1 fully saturated rings. The maximum atomic E-state index is 12.4. The van der Waals surface area contributed by atoms with Crippen LogP contribution in [0.15, 0.2) is 27.6 Å². The lowest BCUT2D eigenvalue weighted by molar-refractivity contribution is 0.281. The van der Waals surface area contributed by atoms with Gasteiger partial charge in [0.1, 0.15) is 0 Å². The van der Waals surface area contributed by atoms with Crippen LogP contribution >= 0.6 is 15.9 Å². The fourth-order valence-corrected chi connectivity index (χ4v) is 4.70. The Morgan fingerprint density at radius 1 is 1.22 bits per heavy atom. The predicted octanol–water partition coefficient (Wildman–Crippen LogP) is 2.12. The first-order valence-electron chi connectivity index (χ1n) is 5.95. The van der Waals surface area contributed by atoms with E-state index in [9.17, 15) is 8.42 Å². The lowest BCUT2D eigenvalue weighted by atomic mass is 10.2. The Labute approximate surface area is 116 Å². The maximum absolute atomic E-state index is 12.4. The number of hydrogen-bond acceptors (Lipinski definition) is 3. The molecule has 4 nitrogen and oxygen atoms in total. The summed E-state index contributed by atoms with van der Waals surface area (Å²) in [6, 6.07) is 4.85. The normalized spacial score (nSPS) is 17.9. The Morgan fingerprint density at radius 2 is 1.89 bits per heavy atom. The fraction of sp³-hybridized carbons (Fsp3) is 0.500. The minimum absolute atomic E-state index is 0.0946. The van der Waals surface area contributed by atoms with Gasteiger partial charge in [0.2, 0.25) is 10.0 Å². The Morgan fingerprint density at radius 3 is 2.44 bits per heavy atom. The molecule has 0 aromatic heterocycles. The number of hydrogen-bond donors (Lipinski definition) is 1. The quantitative estimate of drug-likeness (QED) is 0.921. The first kappa shape index (κ1) is 14.0. The number of benzene rings is 1.